The zero-order valence-corrected chi connectivity index (χ0v) is 12.5. The van der Waals surface area contributed by atoms with Gasteiger partial charge in [0.05, 0.1) is 0 Å². The molecule has 0 aromatic heterocycles. The van der Waals surface area contributed by atoms with Crippen LogP contribution in [0.1, 0.15) is 32.5 Å². The summed E-state index contributed by atoms with van der Waals surface area (Å²) in [7, 11) is 0. The lowest BCUT2D eigenvalue weighted by Crippen LogP contribution is -2.27. The van der Waals surface area contributed by atoms with Gasteiger partial charge in [0.1, 0.15) is 0 Å². The highest BCUT2D eigenvalue weighted by Crippen LogP contribution is 2.29. The number of nitrogens with zero attached hydrogens (tertiary/aromatic N) is 4. The maximum atomic E-state index is 5.18. The Labute approximate surface area is 120 Å². The molecule has 0 N–H and O–H groups in total. The van der Waals surface area contributed by atoms with E-state index < -0.39 is 0 Å². The lowest BCUT2D eigenvalue weighted by Gasteiger charge is -2.24. The summed E-state index contributed by atoms with van der Waals surface area (Å²) in [5.74, 6) is 0. The van der Waals surface area contributed by atoms with Gasteiger partial charge in [-0.15, -0.1) is 5.11 Å². The molecule has 0 bridgehead atoms. The molecule has 0 fully saturated rings. The second-order valence-electron chi connectivity index (χ2n) is 4.42. The third kappa shape index (κ3) is 2.76. The minimum Gasteiger partial charge on any atom is -0.372 e. The molecule has 2 rings (SSSR count). The van der Waals surface area contributed by atoms with Crippen molar-refractivity contribution in [3.05, 3.63) is 29.8 Å². The highest BCUT2D eigenvalue weighted by Gasteiger charge is 2.26. The van der Waals surface area contributed by atoms with Gasteiger partial charge in [-0.1, -0.05) is 12.1 Å². The fraction of sp³-hybridized carbons (Fsp3) is 0.500. The molecule has 5 heteroatoms. The Morgan fingerprint density at radius 1 is 1.16 bits per heavy atom. The first-order chi connectivity index (χ1) is 9.21. The van der Waals surface area contributed by atoms with Crippen molar-refractivity contribution in [2.75, 3.05) is 24.5 Å². The zero-order chi connectivity index (χ0) is 13.8. The highest BCUT2D eigenvalue weighted by molar-refractivity contribution is 7.80. The summed E-state index contributed by atoms with van der Waals surface area (Å²) >= 11 is 5.18. The van der Waals surface area contributed by atoms with Gasteiger partial charge in [0, 0.05) is 25.3 Å². The van der Waals surface area contributed by atoms with E-state index in [1.807, 2.05) is 4.90 Å². The molecule has 1 unspecified atom stereocenters. The molecule has 1 heterocycles. The van der Waals surface area contributed by atoms with Gasteiger partial charge in [0.15, 0.2) is 6.17 Å². The van der Waals surface area contributed by atoms with E-state index in [4.69, 9.17) is 12.2 Å². The minimum absolute atomic E-state index is 0.0525. The second-order valence-corrected chi connectivity index (χ2v) is 4.79. The van der Waals surface area contributed by atoms with Crippen LogP contribution in [-0.4, -0.2) is 29.6 Å². The van der Waals surface area contributed by atoms with Crippen LogP contribution in [0.4, 0.5) is 5.69 Å². The molecule has 0 saturated carbocycles. The van der Waals surface area contributed by atoms with E-state index in [-0.39, 0.29) is 6.17 Å². The number of benzene rings is 1. The van der Waals surface area contributed by atoms with Gasteiger partial charge < -0.3 is 9.80 Å². The summed E-state index contributed by atoms with van der Waals surface area (Å²) < 4.78 is 0. The van der Waals surface area contributed by atoms with Crippen LogP contribution < -0.4 is 4.90 Å². The van der Waals surface area contributed by atoms with Gasteiger partial charge in [-0.25, -0.2) is 0 Å². The summed E-state index contributed by atoms with van der Waals surface area (Å²) in [5.41, 5.74) is 2.38. The lowest BCUT2D eigenvalue weighted by molar-refractivity contribution is 0.364. The number of thiocarbonyl (C=S) groups is 1. The summed E-state index contributed by atoms with van der Waals surface area (Å²) in [5, 5.41) is 8.84. The molecule has 1 aromatic rings. The molecule has 0 spiro atoms. The van der Waals surface area contributed by atoms with E-state index in [0.29, 0.717) is 5.11 Å². The van der Waals surface area contributed by atoms with Crippen LogP contribution >= 0.6 is 12.2 Å². The largest absolute Gasteiger partial charge is 0.372 e. The van der Waals surface area contributed by atoms with Crippen LogP contribution in [0, 0.1) is 0 Å². The number of hydrogen-bond donors (Lipinski definition) is 0. The monoisotopic (exact) mass is 276 g/mol. The van der Waals surface area contributed by atoms with Crippen LogP contribution in [0.2, 0.25) is 0 Å². The Bertz CT molecular complexity index is 465. The summed E-state index contributed by atoms with van der Waals surface area (Å²) in [6.07, 6.45) is -0.0525. The van der Waals surface area contributed by atoms with Crippen LogP contribution in [0.25, 0.3) is 0 Å². The predicted octanol–water partition coefficient (Wildman–Crippen LogP) is 3.60. The first-order valence-corrected chi connectivity index (χ1v) is 7.18. The summed E-state index contributed by atoms with van der Waals surface area (Å²) in [4.78, 5) is 4.35. The highest BCUT2D eigenvalue weighted by atomic mass is 32.1. The van der Waals surface area contributed by atoms with Crippen molar-refractivity contribution in [2.24, 2.45) is 10.2 Å². The van der Waals surface area contributed by atoms with Gasteiger partial charge >= 0.3 is 0 Å². The quantitative estimate of drug-likeness (QED) is 0.770. The van der Waals surface area contributed by atoms with Crippen molar-refractivity contribution in [3.8, 4) is 0 Å². The number of hydrogen-bond acceptors (Lipinski definition) is 3. The first-order valence-electron chi connectivity index (χ1n) is 6.77. The van der Waals surface area contributed by atoms with Gasteiger partial charge in [0.2, 0.25) is 5.11 Å². The van der Waals surface area contributed by atoms with Crippen LogP contribution in [0.15, 0.2) is 34.5 Å². The average Bonchev–Trinajstić information content (AvgIpc) is 2.82. The lowest BCUT2D eigenvalue weighted by atomic mass is 10.1. The molecule has 0 aliphatic carbocycles. The smallest absolute Gasteiger partial charge is 0.218 e. The molecule has 1 aliphatic rings. The number of rotatable bonds is 5. The SMILES string of the molecule is CCN(CC)c1ccc(C2N=NC(=S)N2CC)cc1. The maximum absolute atomic E-state index is 5.18. The van der Waals surface area contributed by atoms with E-state index in [1.54, 1.807) is 0 Å². The molecule has 1 aromatic carbocycles. The maximum Gasteiger partial charge on any atom is 0.218 e. The van der Waals surface area contributed by atoms with E-state index in [1.165, 1.54) is 5.69 Å². The van der Waals surface area contributed by atoms with Crippen molar-refractivity contribution < 1.29 is 0 Å². The Hall–Kier alpha value is -1.49. The van der Waals surface area contributed by atoms with Gasteiger partial charge in [-0.05, 0) is 50.7 Å². The molecule has 19 heavy (non-hydrogen) atoms. The minimum atomic E-state index is -0.0525. The van der Waals surface area contributed by atoms with Crippen molar-refractivity contribution in [3.63, 3.8) is 0 Å². The molecule has 102 valence electrons. The molecule has 0 saturated heterocycles. The van der Waals surface area contributed by atoms with E-state index in [0.717, 1.165) is 25.2 Å². The molecule has 4 nitrogen and oxygen atoms in total. The van der Waals surface area contributed by atoms with Crippen LogP contribution in [0.3, 0.4) is 0 Å². The van der Waals surface area contributed by atoms with Gasteiger partial charge in [-0.2, -0.15) is 5.11 Å². The Balaban J connectivity index is 2.19. The molecule has 1 aliphatic heterocycles. The van der Waals surface area contributed by atoms with Crippen LogP contribution in [0.5, 0.6) is 0 Å². The van der Waals surface area contributed by atoms with Crippen molar-refractivity contribution >= 4 is 23.0 Å². The molecular weight excluding hydrogens is 256 g/mol. The van der Waals surface area contributed by atoms with Gasteiger partial charge in [-0.3, -0.25) is 0 Å². The van der Waals surface area contributed by atoms with Crippen molar-refractivity contribution in [1.29, 1.82) is 0 Å². The first kappa shape index (κ1) is 13.9. The average molecular weight is 276 g/mol. The summed E-state index contributed by atoms with van der Waals surface area (Å²) in [6, 6.07) is 8.53. The third-order valence-electron chi connectivity index (χ3n) is 3.45. The Morgan fingerprint density at radius 3 is 2.32 bits per heavy atom. The van der Waals surface area contributed by atoms with Crippen molar-refractivity contribution in [2.45, 2.75) is 26.9 Å². The van der Waals surface area contributed by atoms with Crippen LogP contribution in [-0.2, 0) is 0 Å². The van der Waals surface area contributed by atoms with E-state index >= 15 is 0 Å². The fourth-order valence-electron chi connectivity index (χ4n) is 2.33. The molecule has 0 amide bonds. The molecule has 1 atom stereocenters. The fourth-order valence-corrected chi connectivity index (χ4v) is 2.61. The van der Waals surface area contributed by atoms with Gasteiger partial charge in [0.25, 0.3) is 0 Å². The topological polar surface area (TPSA) is 31.2 Å². The number of anilines is 1. The third-order valence-corrected chi connectivity index (χ3v) is 3.77. The Morgan fingerprint density at radius 2 is 1.79 bits per heavy atom. The molecule has 0 radical (unpaired) electrons. The summed E-state index contributed by atoms with van der Waals surface area (Å²) in [6.45, 7) is 9.27. The number of azo groups is 1. The zero-order valence-electron chi connectivity index (χ0n) is 11.7. The standard InChI is InChI=1S/C14H20N4S/c1-4-17(5-2)12-9-7-11(8-10-12)13-15-16-14(19)18(13)6-3/h7-10,13H,4-6H2,1-3H3. The predicted molar refractivity (Wildman–Crippen MR) is 82.6 cm³/mol. The normalized spacial score (nSPS) is 18.2. The van der Waals surface area contributed by atoms with E-state index in [2.05, 4.69) is 60.2 Å². The second kappa shape index (κ2) is 6.10. The molecular formula is C14H20N4S. The Kier molecular flexibility index (Phi) is 4.47. The van der Waals surface area contributed by atoms with Crippen molar-refractivity contribution in [1.82, 2.24) is 4.90 Å². The van der Waals surface area contributed by atoms with E-state index in [9.17, 15) is 0 Å².